The zero-order valence-corrected chi connectivity index (χ0v) is 15.2. The van der Waals surface area contributed by atoms with Crippen LogP contribution in [0.25, 0.3) is 0 Å². The number of piperidine rings is 1. The predicted molar refractivity (Wildman–Crippen MR) is 99.1 cm³/mol. The summed E-state index contributed by atoms with van der Waals surface area (Å²) in [5.74, 6) is 0.810. The van der Waals surface area contributed by atoms with Crippen molar-refractivity contribution in [1.82, 2.24) is 20.0 Å². The van der Waals surface area contributed by atoms with Gasteiger partial charge in [-0.15, -0.1) is 0 Å². The number of rotatable bonds is 5. The monoisotopic (exact) mass is 354 g/mol. The molecule has 0 unspecified atom stereocenters. The smallest absolute Gasteiger partial charge is 0.274 e. The number of aromatic nitrogens is 2. The van der Waals surface area contributed by atoms with Crippen molar-refractivity contribution in [2.24, 2.45) is 0 Å². The lowest BCUT2D eigenvalue weighted by Crippen LogP contribution is -2.63. The summed E-state index contributed by atoms with van der Waals surface area (Å²) in [4.78, 5) is 17.1. The molecule has 0 spiro atoms. The van der Waals surface area contributed by atoms with Crippen molar-refractivity contribution in [1.29, 1.82) is 0 Å². The van der Waals surface area contributed by atoms with Gasteiger partial charge in [0.25, 0.3) is 5.91 Å². The summed E-state index contributed by atoms with van der Waals surface area (Å²) in [5, 5.41) is 7.08. The molecule has 0 bridgehead atoms. The van der Waals surface area contributed by atoms with E-state index in [0.717, 1.165) is 31.1 Å². The van der Waals surface area contributed by atoms with Crippen molar-refractivity contribution in [3.05, 3.63) is 47.8 Å². The van der Waals surface area contributed by atoms with Gasteiger partial charge in [0.2, 0.25) is 0 Å². The first-order valence-electron chi connectivity index (χ1n) is 9.48. The minimum Gasteiger partial charge on any atom is -0.487 e. The highest BCUT2D eigenvalue weighted by Crippen LogP contribution is 2.25. The van der Waals surface area contributed by atoms with E-state index >= 15 is 0 Å². The molecule has 1 aromatic heterocycles. The number of benzene rings is 1. The van der Waals surface area contributed by atoms with Crippen LogP contribution in [0.4, 0.5) is 0 Å². The molecular weight excluding hydrogens is 328 g/mol. The Bertz CT molecular complexity index is 739. The van der Waals surface area contributed by atoms with Crippen LogP contribution < -0.4 is 4.74 Å². The number of ether oxygens (including phenoxy) is 1. The fraction of sp³-hybridized carbons (Fsp3) is 0.500. The third-order valence-electron chi connectivity index (χ3n) is 5.46. The van der Waals surface area contributed by atoms with Crippen LogP contribution in [0, 0.1) is 0 Å². The molecule has 1 aromatic carbocycles. The lowest BCUT2D eigenvalue weighted by atomic mass is 9.97. The average molecular weight is 354 g/mol. The van der Waals surface area contributed by atoms with Gasteiger partial charge in [0.15, 0.2) is 5.69 Å². The fourth-order valence-corrected chi connectivity index (χ4v) is 3.88. The molecule has 2 fully saturated rings. The number of carbonyl (C=O) groups excluding carboxylic acids is 1. The van der Waals surface area contributed by atoms with Gasteiger partial charge >= 0.3 is 0 Å². The van der Waals surface area contributed by atoms with Gasteiger partial charge in [0.05, 0.1) is 5.69 Å². The average Bonchev–Trinajstić information content (AvgIpc) is 3.10. The maximum Gasteiger partial charge on any atom is 0.274 e. The molecule has 1 N–H and O–H groups in total. The van der Waals surface area contributed by atoms with Gasteiger partial charge in [-0.3, -0.25) is 14.8 Å². The van der Waals surface area contributed by atoms with E-state index in [1.807, 2.05) is 35.2 Å². The summed E-state index contributed by atoms with van der Waals surface area (Å²) < 4.78 is 5.69. The lowest BCUT2D eigenvalue weighted by molar-refractivity contribution is 0.00181. The van der Waals surface area contributed by atoms with Crippen LogP contribution in [0.3, 0.4) is 0 Å². The number of hydrogen-bond acceptors (Lipinski definition) is 4. The van der Waals surface area contributed by atoms with Crippen LogP contribution in [0.15, 0.2) is 36.4 Å². The number of nitrogens with zero attached hydrogens (tertiary/aromatic N) is 3. The number of hydrogen-bond donors (Lipinski definition) is 1. The Kier molecular flexibility index (Phi) is 4.93. The normalized spacial score (nSPS) is 21.4. The van der Waals surface area contributed by atoms with Crippen molar-refractivity contribution in [3.63, 3.8) is 0 Å². The quantitative estimate of drug-likeness (QED) is 0.897. The van der Waals surface area contributed by atoms with Crippen LogP contribution in [0.1, 0.15) is 42.4 Å². The summed E-state index contributed by atoms with van der Waals surface area (Å²) in [6, 6.07) is 12.6. The van der Waals surface area contributed by atoms with E-state index in [1.54, 1.807) is 6.07 Å². The van der Waals surface area contributed by atoms with E-state index < -0.39 is 0 Å². The van der Waals surface area contributed by atoms with E-state index in [-0.39, 0.29) is 5.91 Å². The second-order valence-electron chi connectivity index (χ2n) is 7.33. The van der Waals surface area contributed by atoms with Crippen LogP contribution >= 0.6 is 0 Å². The third-order valence-corrected chi connectivity index (χ3v) is 5.46. The number of likely N-dealkylation sites (tertiary alicyclic amines) is 2. The van der Waals surface area contributed by atoms with Gasteiger partial charge in [-0.1, -0.05) is 24.6 Å². The van der Waals surface area contributed by atoms with Crippen molar-refractivity contribution < 1.29 is 9.53 Å². The predicted octanol–water partition coefficient (Wildman–Crippen LogP) is 2.69. The molecule has 0 radical (unpaired) electrons. The Morgan fingerprint density at radius 3 is 2.85 bits per heavy atom. The Labute approximate surface area is 154 Å². The van der Waals surface area contributed by atoms with Crippen molar-refractivity contribution in [2.75, 3.05) is 19.6 Å². The van der Waals surface area contributed by atoms with Crippen LogP contribution in [-0.4, -0.2) is 57.6 Å². The summed E-state index contributed by atoms with van der Waals surface area (Å²) in [6.45, 7) is 5.46. The van der Waals surface area contributed by atoms with Gasteiger partial charge in [-0.25, -0.2) is 0 Å². The van der Waals surface area contributed by atoms with Gasteiger partial charge < -0.3 is 9.64 Å². The molecule has 0 saturated carbocycles. The number of para-hydroxylation sites is 1. The Hall–Kier alpha value is -2.34. The second-order valence-corrected chi connectivity index (χ2v) is 7.33. The van der Waals surface area contributed by atoms with E-state index in [1.165, 1.54) is 19.3 Å². The van der Waals surface area contributed by atoms with E-state index in [2.05, 4.69) is 22.0 Å². The van der Waals surface area contributed by atoms with Crippen molar-refractivity contribution in [3.8, 4) is 5.75 Å². The summed E-state index contributed by atoms with van der Waals surface area (Å²) in [7, 11) is 0. The SMILES string of the molecule is C[C@H]1CCCCN1C1CN(C(=O)c2cc(COc3ccccc3)[nH]n2)C1. The summed E-state index contributed by atoms with van der Waals surface area (Å²) in [6.07, 6.45) is 3.88. The third kappa shape index (κ3) is 3.60. The first-order chi connectivity index (χ1) is 12.7. The molecule has 2 aliphatic heterocycles. The van der Waals surface area contributed by atoms with Gasteiger partial charge in [0, 0.05) is 25.2 Å². The molecule has 138 valence electrons. The molecular formula is C20H26N4O2. The minimum absolute atomic E-state index is 0.00752. The second kappa shape index (κ2) is 7.50. The Morgan fingerprint density at radius 2 is 2.08 bits per heavy atom. The molecule has 1 amide bonds. The topological polar surface area (TPSA) is 61.5 Å². The molecule has 4 rings (SSSR count). The standard InChI is InChI=1S/C20H26N4O2/c1-15-7-5-6-10-24(15)17-12-23(13-17)20(25)19-11-16(21-22-19)14-26-18-8-3-2-4-9-18/h2-4,8-9,11,15,17H,5-7,10,12-14H2,1H3,(H,21,22)/t15-/m0/s1. The maximum atomic E-state index is 12.6. The van der Waals surface area contributed by atoms with Crippen molar-refractivity contribution >= 4 is 5.91 Å². The van der Waals surface area contributed by atoms with Gasteiger partial charge in [0.1, 0.15) is 12.4 Å². The minimum atomic E-state index is 0.00752. The lowest BCUT2D eigenvalue weighted by Gasteiger charge is -2.49. The van der Waals surface area contributed by atoms with Gasteiger partial charge in [-0.2, -0.15) is 5.10 Å². The molecule has 2 aliphatic rings. The number of carbonyl (C=O) groups is 1. The first kappa shape index (κ1) is 17.1. The van der Waals surface area contributed by atoms with E-state index in [9.17, 15) is 4.79 Å². The Morgan fingerprint density at radius 1 is 1.27 bits per heavy atom. The summed E-state index contributed by atoms with van der Waals surface area (Å²) >= 11 is 0. The highest BCUT2D eigenvalue weighted by atomic mass is 16.5. The first-order valence-corrected chi connectivity index (χ1v) is 9.48. The fourth-order valence-electron chi connectivity index (χ4n) is 3.88. The molecule has 6 heteroatoms. The Balaban J connectivity index is 1.29. The van der Waals surface area contributed by atoms with E-state index in [0.29, 0.717) is 24.4 Å². The van der Waals surface area contributed by atoms with Crippen molar-refractivity contribution in [2.45, 2.75) is 44.9 Å². The molecule has 6 nitrogen and oxygen atoms in total. The number of amides is 1. The molecule has 2 aromatic rings. The largest absolute Gasteiger partial charge is 0.487 e. The zero-order chi connectivity index (χ0) is 17.9. The van der Waals surface area contributed by atoms with Crippen LogP contribution in [-0.2, 0) is 6.61 Å². The highest BCUT2D eigenvalue weighted by molar-refractivity contribution is 5.93. The number of H-pyrrole nitrogens is 1. The number of aromatic amines is 1. The molecule has 1 atom stereocenters. The highest BCUT2D eigenvalue weighted by Gasteiger charge is 2.38. The molecule has 0 aliphatic carbocycles. The van der Waals surface area contributed by atoms with Crippen LogP contribution in [0.2, 0.25) is 0 Å². The summed E-state index contributed by atoms with van der Waals surface area (Å²) in [5.41, 5.74) is 1.28. The van der Waals surface area contributed by atoms with Crippen LogP contribution in [0.5, 0.6) is 5.75 Å². The van der Waals surface area contributed by atoms with E-state index in [4.69, 9.17) is 4.74 Å². The number of nitrogens with one attached hydrogen (secondary N) is 1. The molecule has 26 heavy (non-hydrogen) atoms. The van der Waals surface area contributed by atoms with Gasteiger partial charge in [-0.05, 0) is 44.5 Å². The molecule has 2 saturated heterocycles. The maximum absolute atomic E-state index is 12.6. The zero-order valence-electron chi connectivity index (χ0n) is 15.2. The molecule has 3 heterocycles.